The van der Waals surface area contributed by atoms with Crippen molar-refractivity contribution >= 4 is 17.2 Å². The number of nitrogens with zero attached hydrogens (tertiary/aromatic N) is 6. The van der Waals surface area contributed by atoms with E-state index in [1.165, 1.54) is 0 Å². The smallest absolute Gasteiger partial charge is 0.154 e. The summed E-state index contributed by atoms with van der Waals surface area (Å²) in [5.41, 5.74) is 19.5. The fourth-order valence-corrected chi connectivity index (χ4v) is 3.56. The van der Waals surface area contributed by atoms with E-state index in [9.17, 15) is 5.26 Å². The number of pyridine rings is 3. The lowest BCUT2D eigenvalue weighted by Gasteiger charge is -2.17. The van der Waals surface area contributed by atoms with Crippen LogP contribution in [0.2, 0.25) is 0 Å². The third-order valence-electron chi connectivity index (χ3n) is 5.14. The lowest BCUT2D eigenvalue weighted by Crippen LogP contribution is -2.03. The van der Waals surface area contributed by atoms with Gasteiger partial charge in [0.1, 0.15) is 6.54 Å². The Balaban J connectivity index is 1.86. The molecular formula is C25H22N8. The summed E-state index contributed by atoms with van der Waals surface area (Å²) in [4.78, 5) is 13.2. The van der Waals surface area contributed by atoms with Crippen molar-refractivity contribution in [2.75, 3.05) is 11.5 Å². The number of nitrogens with two attached hydrogens (primary N) is 2. The van der Waals surface area contributed by atoms with Crippen LogP contribution in [0.3, 0.4) is 0 Å². The molecule has 0 fully saturated rings. The molecule has 0 bridgehead atoms. The molecule has 0 aliphatic heterocycles. The molecule has 0 aliphatic rings. The lowest BCUT2D eigenvalue weighted by molar-refractivity contribution is 0.904. The largest absolute Gasteiger partial charge is 0.396 e. The second kappa shape index (κ2) is 9.24. The molecule has 4 aromatic rings. The van der Waals surface area contributed by atoms with Gasteiger partial charge in [0.25, 0.3) is 0 Å². The van der Waals surface area contributed by atoms with Crippen molar-refractivity contribution < 1.29 is 0 Å². The van der Waals surface area contributed by atoms with Gasteiger partial charge in [0.2, 0.25) is 0 Å². The van der Waals surface area contributed by atoms with Gasteiger partial charge >= 0.3 is 0 Å². The summed E-state index contributed by atoms with van der Waals surface area (Å²) in [6.45, 7) is 4.15. The van der Waals surface area contributed by atoms with Gasteiger partial charge in [0, 0.05) is 29.2 Å². The van der Waals surface area contributed by atoms with Crippen LogP contribution in [0.15, 0.2) is 71.2 Å². The van der Waals surface area contributed by atoms with Crippen LogP contribution in [0.4, 0.5) is 17.2 Å². The van der Waals surface area contributed by atoms with Gasteiger partial charge in [-0.05, 0) is 55.3 Å². The van der Waals surface area contributed by atoms with Gasteiger partial charge in [-0.15, -0.1) is 5.11 Å². The van der Waals surface area contributed by atoms with E-state index in [-0.39, 0.29) is 12.4 Å². The highest BCUT2D eigenvalue weighted by molar-refractivity contribution is 5.97. The van der Waals surface area contributed by atoms with E-state index in [4.69, 9.17) is 11.5 Å². The highest BCUT2D eigenvalue weighted by Crippen LogP contribution is 2.44. The van der Waals surface area contributed by atoms with E-state index in [0.717, 1.165) is 28.1 Å². The number of nitrogen functional groups attached to an aromatic ring is 2. The van der Waals surface area contributed by atoms with E-state index < -0.39 is 0 Å². The summed E-state index contributed by atoms with van der Waals surface area (Å²) in [5, 5.41) is 17.9. The molecule has 3 aromatic heterocycles. The Kier molecular flexibility index (Phi) is 6.04. The molecule has 8 nitrogen and oxygen atoms in total. The van der Waals surface area contributed by atoms with Crippen molar-refractivity contribution in [3.8, 4) is 28.5 Å². The van der Waals surface area contributed by atoms with Crippen molar-refractivity contribution in [3.63, 3.8) is 0 Å². The Labute approximate surface area is 191 Å². The third kappa shape index (κ3) is 4.52. The number of rotatable bonds is 5. The SMILES string of the molecule is Cc1cccc(CN=Nc2c(N)nc(-c3cccc(C#N)c3)c(-c3ccncc3C)c2N)n1. The van der Waals surface area contributed by atoms with Gasteiger partial charge in [0.05, 0.1) is 28.7 Å². The number of aryl methyl sites for hydroxylation is 2. The Morgan fingerprint density at radius 3 is 2.61 bits per heavy atom. The van der Waals surface area contributed by atoms with Crippen molar-refractivity contribution in [2.45, 2.75) is 20.4 Å². The molecule has 3 heterocycles. The maximum Gasteiger partial charge on any atom is 0.154 e. The predicted octanol–water partition coefficient (Wildman–Crippen LogP) is 5.14. The summed E-state index contributed by atoms with van der Waals surface area (Å²) in [5.74, 6) is 0.154. The third-order valence-corrected chi connectivity index (χ3v) is 5.14. The molecule has 0 amide bonds. The zero-order valence-corrected chi connectivity index (χ0v) is 18.3. The Morgan fingerprint density at radius 2 is 1.85 bits per heavy atom. The molecular weight excluding hydrogens is 412 g/mol. The number of aromatic nitrogens is 3. The minimum absolute atomic E-state index is 0.154. The molecule has 0 saturated carbocycles. The van der Waals surface area contributed by atoms with E-state index in [2.05, 4.69) is 31.2 Å². The fraction of sp³-hybridized carbons (Fsp3) is 0.120. The van der Waals surface area contributed by atoms with E-state index >= 15 is 0 Å². The van der Waals surface area contributed by atoms with Crippen molar-refractivity contribution in [1.82, 2.24) is 15.0 Å². The summed E-state index contributed by atoms with van der Waals surface area (Å²) < 4.78 is 0. The second-order valence-electron chi connectivity index (χ2n) is 7.54. The first-order valence-corrected chi connectivity index (χ1v) is 10.3. The molecule has 0 saturated heterocycles. The minimum Gasteiger partial charge on any atom is -0.396 e. The first kappa shape index (κ1) is 21.6. The van der Waals surface area contributed by atoms with Crippen LogP contribution >= 0.6 is 0 Å². The lowest BCUT2D eigenvalue weighted by atomic mass is 9.94. The number of benzene rings is 1. The summed E-state index contributed by atoms with van der Waals surface area (Å²) >= 11 is 0. The highest BCUT2D eigenvalue weighted by atomic mass is 15.1. The molecule has 0 spiro atoms. The van der Waals surface area contributed by atoms with E-state index in [1.807, 2.05) is 44.2 Å². The molecule has 0 atom stereocenters. The zero-order chi connectivity index (χ0) is 23.4. The topological polar surface area (TPSA) is 139 Å². The predicted molar refractivity (Wildman–Crippen MR) is 128 cm³/mol. The Bertz CT molecular complexity index is 1400. The fourth-order valence-electron chi connectivity index (χ4n) is 3.56. The maximum atomic E-state index is 9.34. The van der Waals surface area contributed by atoms with E-state index in [0.29, 0.717) is 28.2 Å². The molecule has 4 rings (SSSR count). The Morgan fingerprint density at radius 1 is 1.03 bits per heavy atom. The summed E-state index contributed by atoms with van der Waals surface area (Å²) in [6, 6.07) is 16.9. The molecule has 33 heavy (non-hydrogen) atoms. The van der Waals surface area contributed by atoms with Crippen LogP contribution in [0, 0.1) is 25.2 Å². The number of anilines is 2. The van der Waals surface area contributed by atoms with Crippen LogP contribution < -0.4 is 11.5 Å². The molecule has 1 aromatic carbocycles. The van der Waals surface area contributed by atoms with Crippen LogP contribution in [0.5, 0.6) is 0 Å². The highest BCUT2D eigenvalue weighted by Gasteiger charge is 2.21. The first-order chi connectivity index (χ1) is 16.0. The van der Waals surface area contributed by atoms with Crippen LogP contribution in [-0.2, 0) is 6.54 Å². The summed E-state index contributed by atoms with van der Waals surface area (Å²) in [6.07, 6.45) is 3.45. The molecule has 4 N–H and O–H groups in total. The minimum atomic E-state index is 0.154. The normalized spacial score (nSPS) is 10.9. The van der Waals surface area contributed by atoms with Crippen LogP contribution in [-0.4, -0.2) is 15.0 Å². The maximum absolute atomic E-state index is 9.34. The number of hydrogen-bond acceptors (Lipinski definition) is 8. The summed E-state index contributed by atoms with van der Waals surface area (Å²) in [7, 11) is 0. The molecule has 0 radical (unpaired) electrons. The average Bonchev–Trinajstić information content (AvgIpc) is 2.82. The van der Waals surface area contributed by atoms with Crippen LogP contribution in [0.25, 0.3) is 22.4 Å². The number of nitriles is 1. The monoisotopic (exact) mass is 434 g/mol. The van der Waals surface area contributed by atoms with Gasteiger partial charge in [0.15, 0.2) is 11.5 Å². The van der Waals surface area contributed by atoms with Gasteiger partial charge in [-0.2, -0.15) is 10.4 Å². The van der Waals surface area contributed by atoms with Gasteiger partial charge in [-0.3, -0.25) is 9.97 Å². The van der Waals surface area contributed by atoms with Crippen molar-refractivity contribution in [2.24, 2.45) is 10.2 Å². The van der Waals surface area contributed by atoms with E-state index in [1.54, 1.807) is 30.6 Å². The van der Waals surface area contributed by atoms with Gasteiger partial charge in [-0.25, -0.2) is 4.98 Å². The molecule has 0 aliphatic carbocycles. The molecule has 8 heteroatoms. The zero-order valence-electron chi connectivity index (χ0n) is 18.3. The van der Waals surface area contributed by atoms with Crippen molar-refractivity contribution in [3.05, 3.63) is 83.4 Å². The van der Waals surface area contributed by atoms with Gasteiger partial charge < -0.3 is 11.5 Å². The van der Waals surface area contributed by atoms with Crippen LogP contribution in [0.1, 0.15) is 22.5 Å². The van der Waals surface area contributed by atoms with Crippen molar-refractivity contribution in [1.29, 1.82) is 5.26 Å². The average molecular weight is 435 g/mol. The standard InChI is InChI=1S/C25H22N8/c1-15-13-29-10-9-20(15)21-22(27)24(33-30-14-19-8-3-5-16(2)31-19)25(28)32-23(21)18-7-4-6-17(11-18)12-26/h3-11,13H,14H2,1-2H3,(H4,27,28,32). The quantitative estimate of drug-likeness (QED) is 0.417. The number of hydrogen-bond donors (Lipinski definition) is 2. The van der Waals surface area contributed by atoms with Gasteiger partial charge in [-0.1, -0.05) is 18.2 Å². The first-order valence-electron chi connectivity index (χ1n) is 10.3. The molecule has 162 valence electrons. The Hall–Kier alpha value is -4.64. The second-order valence-corrected chi connectivity index (χ2v) is 7.54. The number of azo groups is 1. The molecule has 0 unspecified atom stereocenters.